The Kier molecular flexibility index (Phi) is 9.15. The van der Waals surface area contributed by atoms with Gasteiger partial charge in [0, 0.05) is 43.7 Å². The van der Waals surface area contributed by atoms with Crippen molar-refractivity contribution in [2.24, 2.45) is 10.9 Å². The van der Waals surface area contributed by atoms with Crippen molar-refractivity contribution in [2.75, 3.05) is 33.8 Å². The van der Waals surface area contributed by atoms with Gasteiger partial charge in [-0.05, 0) is 37.1 Å². The average Bonchev–Trinajstić information content (AvgIpc) is 3.20. The van der Waals surface area contributed by atoms with Crippen LogP contribution in [0.5, 0.6) is 0 Å². The molecule has 0 saturated carbocycles. The number of esters is 1. The monoisotopic (exact) mass is 533 g/mol. The van der Waals surface area contributed by atoms with Gasteiger partial charge in [0.25, 0.3) is 0 Å². The second-order valence-corrected chi connectivity index (χ2v) is 6.96. The van der Waals surface area contributed by atoms with E-state index in [2.05, 4.69) is 25.3 Å². The summed E-state index contributed by atoms with van der Waals surface area (Å²) in [6.45, 7) is 2.15. The van der Waals surface area contributed by atoms with Gasteiger partial charge in [-0.2, -0.15) is 4.98 Å². The lowest BCUT2D eigenvalue weighted by Gasteiger charge is -2.33. The second-order valence-electron chi connectivity index (χ2n) is 6.53. The zero-order valence-electron chi connectivity index (χ0n) is 16.4. The summed E-state index contributed by atoms with van der Waals surface area (Å²) in [6.07, 6.45) is 2.11. The smallest absolute Gasteiger partial charge is 0.308 e. The van der Waals surface area contributed by atoms with Crippen LogP contribution in [0.25, 0.3) is 11.4 Å². The molecule has 158 valence electrons. The molecule has 8 nitrogen and oxygen atoms in total. The van der Waals surface area contributed by atoms with Gasteiger partial charge in [0.05, 0.1) is 13.0 Å². The predicted molar refractivity (Wildman–Crippen MR) is 122 cm³/mol. The number of ether oxygens (including phenoxy) is 1. The van der Waals surface area contributed by atoms with Crippen molar-refractivity contribution in [3.63, 3.8) is 0 Å². The highest BCUT2D eigenvalue weighted by molar-refractivity contribution is 14.0. The second kappa shape index (κ2) is 11.3. The summed E-state index contributed by atoms with van der Waals surface area (Å²) in [6, 6.07) is 7.30. The highest BCUT2D eigenvalue weighted by atomic mass is 127. The van der Waals surface area contributed by atoms with Crippen LogP contribution in [-0.2, 0) is 16.0 Å². The molecule has 2 aromatic rings. The molecule has 0 atom stereocenters. The van der Waals surface area contributed by atoms with Crippen molar-refractivity contribution in [3.8, 4) is 11.4 Å². The molecule has 1 aliphatic heterocycles. The van der Waals surface area contributed by atoms with E-state index in [4.69, 9.17) is 20.9 Å². The number of nitrogens with zero attached hydrogens (tertiary/aromatic N) is 4. The number of halogens is 2. The van der Waals surface area contributed by atoms with Gasteiger partial charge >= 0.3 is 5.97 Å². The van der Waals surface area contributed by atoms with Crippen molar-refractivity contribution in [2.45, 2.75) is 19.3 Å². The fourth-order valence-electron chi connectivity index (χ4n) is 3.18. The topological polar surface area (TPSA) is 92.9 Å². The molecule has 10 heteroatoms. The molecule has 1 N–H and O–H groups in total. The average molecular weight is 534 g/mol. The zero-order chi connectivity index (χ0) is 19.9. The number of piperidine rings is 1. The standard InChI is InChI=1S/C19H24ClN5O3.HI/c1-21-19(25-11-8-14(9-12-25)18(26)27-2)22-10-7-16-23-17(24-28-16)13-3-5-15(20)6-4-13;/h3-6,14H,7-12H2,1-2H3,(H,21,22);1H. The fraction of sp³-hybridized carbons (Fsp3) is 0.474. The van der Waals surface area contributed by atoms with Gasteiger partial charge in [-0.1, -0.05) is 16.8 Å². The van der Waals surface area contributed by atoms with Crippen molar-refractivity contribution in [1.29, 1.82) is 0 Å². The van der Waals surface area contributed by atoms with Crippen LogP contribution in [0.2, 0.25) is 5.02 Å². The molecule has 0 spiro atoms. The SMILES string of the molecule is CN=C(NCCc1nc(-c2ccc(Cl)cc2)no1)N1CCC(C(=O)OC)CC1.I. The molecule has 1 fully saturated rings. The molecule has 0 bridgehead atoms. The van der Waals surface area contributed by atoms with E-state index >= 15 is 0 Å². The lowest BCUT2D eigenvalue weighted by molar-refractivity contribution is -0.146. The molecule has 0 unspecified atom stereocenters. The van der Waals surface area contributed by atoms with Crippen LogP contribution in [0.3, 0.4) is 0 Å². The largest absolute Gasteiger partial charge is 0.469 e. The van der Waals surface area contributed by atoms with Crippen LogP contribution in [0.1, 0.15) is 18.7 Å². The molecule has 0 aliphatic carbocycles. The van der Waals surface area contributed by atoms with Crippen molar-refractivity contribution in [3.05, 3.63) is 35.2 Å². The number of nitrogens with one attached hydrogen (secondary N) is 1. The number of benzene rings is 1. The number of rotatable bonds is 5. The van der Waals surface area contributed by atoms with Crippen LogP contribution in [0.15, 0.2) is 33.8 Å². The molecule has 0 amide bonds. The van der Waals surface area contributed by atoms with Gasteiger partial charge in [-0.15, -0.1) is 24.0 Å². The Morgan fingerprint density at radius 1 is 1.34 bits per heavy atom. The molecule has 1 aliphatic rings. The van der Waals surface area contributed by atoms with Gasteiger partial charge in [0.1, 0.15) is 0 Å². The van der Waals surface area contributed by atoms with E-state index in [1.54, 1.807) is 19.2 Å². The summed E-state index contributed by atoms with van der Waals surface area (Å²) in [7, 11) is 3.19. The Balaban J connectivity index is 0.00000300. The summed E-state index contributed by atoms with van der Waals surface area (Å²) in [4.78, 5) is 22.5. The summed E-state index contributed by atoms with van der Waals surface area (Å²) in [5.74, 6) is 1.75. The summed E-state index contributed by atoms with van der Waals surface area (Å²) in [5.41, 5.74) is 0.858. The minimum atomic E-state index is -0.129. The Hall–Kier alpha value is -1.88. The molecular weight excluding hydrogens is 509 g/mol. The lowest BCUT2D eigenvalue weighted by Crippen LogP contribution is -2.47. The highest BCUT2D eigenvalue weighted by Crippen LogP contribution is 2.19. The lowest BCUT2D eigenvalue weighted by atomic mass is 9.97. The number of carbonyl (C=O) groups is 1. The maximum Gasteiger partial charge on any atom is 0.308 e. The maximum absolute atomic E-state index is 11.6. The molecule has 1 aromatic carbocycles. The third-order valence-electron chi connectivity index (χ3n) is 4.73. The van der Waals surface area contributed by atoms with E-state index in [-0.39, 0.29) is 35.9 Å². The summed E-state index contributed by atoms with van der Waals surface area (Å²) >= 11 is 5.90. The van der Waals surface area contributed by atoms with Gasteiger partial charge < -0.3 is 19.5 Å². The van der Waals surface area contributed by atoms with Crippen LogP contribution in [-0.4, -0.2) is 60.8 Å². The van der Waals surface area contributed by atoms with Crippen molar-refractivity contribution < 1.29 is 14.1 Å². The van der Waals surface area contributed by atoms with E-state index in [9.17, 15) is 4.79 Å². The van der Waals surface area contributed by atoms with Crippen molar-refractivity contribution in [1.82, 2.24) is 20.4 Å². The maximum atomic E-state index is 11.6. The zero-order valence-corrected chi connectivity index (χ0v) is 19.5. The normalized spacial score (nSPS) is 15.0. The minimum absolute atomic E-state index is 0. The van der Waals surface area contributed by atoms with Crippen LogP contribution in [0, 0.1) is 5.92 Å². The summed E-state index contributed by atoms with van der Waals surface area (Å²) in [5, 5.41) is 8.00. The number of aliphatic imine (C=N–C) groups is 1. The van der Waals surface area contributed by atoms with E-state index in [0.29, 0.717) is 29.7 Å². The number of likely N-dealkylation sites (tertiary alicyclic amines) is 1. The van der Waals surface area contributed by atoms with E-state index in [0.717, 1.165) is 37.5 Å². The van der Waals surface area contributed by atoms with Gasteiger partial charge in [-0.3, -0.25) is 9.79 Å². The Labute approximate surface area is 192 Å². The van der Waals surface area contributed by atoms with E-state index in [1.165, 1.54) is 7.11 Å². The number of aromatic nitrogens is 2. The Morgan fingerprint density at radius 3 is 2.66 bits per heavy atom. The number of hydrogen-bond donors (Lipinski definition) is 1. The Morgan fingerprint density at radius 2 is 2.03 bits per heavy atom. The first-order chi connectivity index (χ1) is 13.6. The Bertz CT molecular complexity index is 820. The van der Waals surface area contributed by atoms with Gasteiger partial charge in [0.15, 0.2) is 5.96 Å². The molecule has 2 heterocycles. The fourth-order valence-corrected chi connectivity index (χ4v) is 3.31. The van der Waals surface area contributed by atoms with Crippen LogP contribution < -0.4 is 5.32 Å². The first-order valence-corrected chi connectivity index (χ1v) is 9.60. The third-order valence-corrected chi connectivity index (χ3v) is 4.99. The molecule has 29 heavy (non-hydrogen) atoms. The summed E-state index contributed by atoms with van der Waals surface area (Å²) < 4.78 is 10.2. The molecule has 0 radical (unpaired) electrons. The quantitative estimate of drug-likeness (QED) is 0.273. The van der Waals surface area contributed by atoms with Crippen LogP contribution >= 0.6 is 35.6 Å². The first-order valence-electron chi connectivity index (χ1n) is 9.22. The third kappa shape index (κ3) is 6.30. The molecule has 3 rings (SSSR count). The number of methoxy groups -OCH3 is 1. The molecule has 1 saturated heterocycles. The van der Waals surface area contributed by atoms with Crippen LogP contribution in [0.4, 0.5) is 0 Å². The van der Waals surface area contributed by atoms with Crippen molar-refractivity contribution >= 4 is 47.5 Å². The minimum Gasteiger partial charge on any atom is -0.469 e. The molecule has 1 aromatic heterocycles. The number of carbonyl (C=O) groups excluding carboxylic acids is 1. The number of hydrogen-bond acceptors (Lipinski definition) is 6. The van der Waals surface area contributed by atoms with E-state index in [1.807, 2.05) is 12.1 Å². The van der Waals surface area contributed by atoms with Gasteiger partial charge in [-0.25, -0.2) is 0 Å². The first kappa shape index (κ1) is 23.4. The molecular formula is C19H25ClIN5O3. The highest BCUT2D eigenvalue weighted by Gasteiger charge is 2.26. The van der Waals surface area contributed by atoms with E-state index < -0.39 is 0 Å². The predicted octanol–water partition coefficient (Wildman–Crippen LogP) is 3.01. The van der Waals surface area contributed by atoms with Gasteiger partial charge in [0.2, 0.25) is 11.7 Å². The number of guanidine groups is 1.